The number of amides is 1. The van der Waals surface area contributed by atoms with E-state index in [4.69, 9.17) is 12.6 Å². The lowest BCUT2D eigenvalue weighted by Gasteiger charge is -2.19. The number of nitrogens with zero attached hydrogens (tertiary/aromatic N) is 1. The van der Waals surface area contributed by atoms with Crippen molar-refractivity contribution < 1.29 is 4.79 Å². The minimum absolute atomic E-state index is 0.405. The van der Waals surface area contributed by atoms with Crippen molar-refractivity contribution in [2.45, 2.75) is 0 Å². The van der Waals surface area contributed by atoms with E-state index in [1.165, 1.54) is 4.90 Å². The highest BCUT2D eigenvalue weighted by Crippen LogP contribution is 2.25. The molecule has 2 aromatic rings. The van der Waals surface area contributed by atoms with Crippen molar-refractivity contribution in [1.82, 2.24) is 0 Å². The molecule has 16 heavy (non-hydrogen) atoms. The Labute approximate surface area is 99.9 Å². The standard InChI is InChI=1S/C13H10NOS/c15-13(16)14(11-7-3-1-4-8-11)12-9-5-2-6-10-12/h1-10H. The highest BCUT2D eigenvalue weighted by molar-refractivity contribution is 7.97. The maximum Gasteiger partial charge on any atom is 0.322 e. The van der Waals surface area contributed by atoms with E-state index < -0.39 is 5.24 Å². The van der Waals surface area contributed by atoms with E-state index in [-0.39, 0.29) is 0 Å². The largest absolute Gasteiger partial charge is 0.322 e. The van der Waals surface area contributed by atoms with Crippen molar-refractivity contribution in [2.24, 2.45) is 0 Å². The number of rotatable bonds is 2. The first-order valence-electron chi connectivity index (χ1n) is 4.90. The van der Waals surface area contributed by atoms with Gasteiger partial charge in [-0.1, -0.05) is 36.4 Å². The fourth-order valence-electron chi connectivity index (χ4n) is 1.51. The molecule has 2 nitrogen and oxygen atoms in total. The van der Waals surface area contributed by atoms with Gasteiger partial charge in [0, 0.05) is 0 Å². The molecule has 0 atom stereocenters. The average Bonchev–Trinajstić information content (AvgIpc) is 2.31. The van der Waals surface area contributed by atoms with Gasteiger partial charge in [0.25, 0.3) is 0 Å². The molecule has 0 saturated carbocycles. The van der Waals surface area contributed by atoms with Gasteiger partial charge in [-0.3, -0.25) is 9.69 Å². The lowest BCUT2D eigenvalue weighted by molar-refractivity contribution is 0.267. The van der Waals surface area contributed by atoms with Gasteiger partial charge in [-0.05, 0) is 36.9 Å². The van der Waals surface area contributed by atoms with Crippen LogP contribution in [0.1, 0.15) is 0 Å². The molecule has 0 fully saturated rings. The Kier molecular flexibility index (Phi) is 3.17. The van der Waals surface area contributed by atoms with E-state index in [2.05, 4.69) is 0 Å². The van der Waals surface area contributed by atoms with Gasteiger partial charge < -0.3 is 0 Å². The van der Waals surface area contributed by atoms with Crippen LogP contribution < -0.4 is 4.90 Å². The third-order valence-corrected chi connectivity index (χ3v) is 2.39. The molecule has 2 rings (SSSR count). The molecule has 0 unspecified atom stereocenters. The molecular formula is C13H10NOS. The third-order valence-electron chi connectivity index (χ3n) is 2.21. The van der Waals surface area contributed by atoms with Gasteiger partial charge >= 0.3 is 5.24 Å². The number of hydrogen-bond acceptors (Lipinski definition) is 1. The van der Waals surface area contributed by atoms with E-state index in [1.54, 1.807) is 0 Å². The topological polar surface area (TPSA) is 20.3 Å². The SMILES string of the molecule is O=C([S])N(c1ccccc1)c1ccccc1. The first kappa shape index (κ1) is 10.6. The van der Waals surface area contributed by atoms with E-state index in [0.717, 1.165) is 11.4 Å². The van der Waals surface area contributed by atoms with E-state index in [0.29, 0.717) is 0 Å². The Balaban J connectivity index is 2.44. The Morgan fingerprint density at radius 3 is 1.50 bits per heavy atom. The molecule has 3 heteroatoms. The van der Waals surface area contributed by atoms with Crippen LogP contribution in [0.5, 0.6) is 0 Å². The quantitative estimate of drug-likeness (QED) is 0.756. The van der Waals surface area contributed by atoms with Crippen LogP contribution in [0, 0.1) is 0 Å². The predicted molar refractivity (Wildman–Crippen MR) is 68.0 cm³/mol. The first-order valence-corrected chi connectivity index (χ1v) is 5.31. The minimum Gasteiger partial charge on any atom is -0.268 e. The second kappa shape index (κ2) is 4.77. The zero-order chi connectivity index (χ0) is 11.4. The van der Waals surface area contributed by atoms with Crippen LogP contribution in [0.2, 0.25) is 0 Å². The summed E-state index contributed by atoms with van der Waals surface area (Å²) in [7, 11) is 0. The number of benzene rings is 2. The molecule has 2 aromatic carbocycles. The van der Waals surface area contributed by atoms with Crippen molar-refractivity contribution >= 4 is 29.2 Å². The Morgan fingerprint density at radius 2 is 1.19 bits per heavy atom. The summed E-state index contributed by atoms with van der Waals surface area (Å²) >= 11 is 4.75. The maximum atomic E-state index is 11.5. The average molecular weight is 228 g/mol. The summed E-state index contributed by atoms with van der Waals surface area (Å²) in [6, 6.07) is 18.8. The van der Waals surface area contributed by atoms with Gasteiger partial charge in [-0.2, -0.15) is 0 Å². The van der Waals surface area contributed by atoms with Crippen molar-refractivity contribution in [1.29, 1.82) is 0 Å². The smallest absolute Gasteiger partial charge is 0.268 e. The summed E-state index contributed by atoms with van der Waals surface area (Å²) in [5, 5.41) is -0.405. The summed E-state index contributed by atoms with van der Waals surface area (Å²) < 4.78 is 0. The lowest BCUT2D eigenvalue weighted by atomic mass is 10.2. The Morgan fingerprint density at radius 1 is 0.812 bits per heavy atom. The molecule has 0 heterocycles. The molecule has 0 aromatic heterocycles. The van der Waals surface area contributed by atoms with E-state index >= 15 is 0 Å². The van der Waals surface area contributed by atoms with Crippen LogP contribution in [-0.4, -0.2) is 5.24 Å². The third kappa shape index (κ3) is 2.20. The number of carbonyl (C=O) groups excluding carboxylic acids is 1. The highest BCUT2D eigenvalue weighted by atomic mass is 32.1. The minimum atomic E-state index is -0.405. The molecule has 0 saturated heterocycles. The Bertz CT molecular complexity index is 430. The van der Waals surface area contributed by atoms with E-state index in [9.17, 15) is 4.79 Å². The molecule has 0 aliphatic heterocycles. The Hall–Kier alpha value is -1.87. The summed E-state index contributed by atoms with van der Waals surface area (Å²) in [6.45, 7) is 0. The number of carbonyl (C=O) groups is 1. The van der Waals surface area contributed by atoms with Crippen LogP contribution in [0.25, 0.3) is 0 Å². The van der Waals surface area contributed by atoms with Crippen molar-refractivity contribution in [3.05, 3.63) is 60.7 Å². The first-order chi connectivity index (χ1) is 7.79. The second-order valence-corrected chi connectivity index (χ2v) is 3.62. The van der Waals surface area contributed by atoms with Gasteiger partial charge in [-0.15, -0.1) is 0 Å². The normalized spacial score (nSPS) is 9.75. The monoisotopic (exact) mass is 228 g/mol. The molecule has 0 spiro atoms. The summed E-state index contributed by atoms with van der Waals surface area (Å²) in [5.41, 5.74) is 1.57. The molecule has 1 amide bonds. The molecule has 79 valence electrons. The van der Waals surface area contributed by atoms with Gasteiger partial charge in [0.1, 0.15) is 0 Å². The zero-order valence-corrected chi connectivity index (χ0v) is 9.35. The molecular weight excluding hydrogens is 218 g/mol. The van der Waals surface area contributed by atoms with Crippen LogP contribution in [0.15, 0.2) is 60.7 Å². The fourth-order valence-corrected chi connectivity index (χ4v) is 1.72. The van der Waals surface area contributed by atoms with Gasteiger partial charge in [0.15, 0.2) is 0 Å². The van der Waals surface area contributed by atoms with Crippen LogP contribution in [-0.2, 0) is 0 Å². The predicted octanol–water partition coefficient (Wildman–Crippen LogP) is 4.14. The summed E-state index contributed by atoms with van der Waals surface area (Å²) in [4.78, 5) is 13.0. The molecule has 0 aliphatic carbocycles. The van der Waals surface area contributed by atoms with Crippen molar-refractivity contribution in [3.8, 4) is 0 Å². The van der Waals surface area contributed by atoms with Gasteiger partial charge in [0.2, 0.25) is 0 Å². The van der Waals surface area contributed by atoms with Crippen LogP contribution >= 0.6 is 12.6 Å². The molecule has 0 N–H and O–H groups in total. The summed E-state index contributed by atoms with van der Waals surface area (Å²) in [6.07, 6.45) is 0. The maximum absolute atomic E-state index is 11.5. The zero-order valence-electron chi connectivity index (χ0n) is 8.54. The molecule has 0 aliphatic rings. The second-order valence-electron chi connectivity index (χ2n) is 3.27. The summed E-state index contributed by atoms with van der Waals surface area (Å²) in [5.74, 6) is 0. The van der Waals surface area contributed by atoms with Crippen molar-refractivity contribution in [2.75, 3.05) is 4.90 Å². The van der Waals surface area contributed by atoms with E-state index in [1.807, 2.05) is 60.7 Å². The van der Waals surface area contributed by atoms with Crippen LogP contribution in [0.4, 0.5) is 16.2 Å². The molecule has 0 bridgehead atoms. The van der Waals surface area contributed by atoms with Crippen LogP contribution in [0.3, 0.4) is 0 Å². The number of para-hydroxylation sites is 2. The van der Waals surface area contributed by atoms with Crippen molar-refractivity contribution in [3.63, 3.8) is 0 Å². The fraction of sp³-hybridized carbons (Fsp3) is 0. The molecule has 1 radical (unpaired) electrons. The van der Waals surface area contributed by atoms with Gasteiger partial charge in [-0.25, -0.2) is 0 Å². The van der Waals surface area contributed by atoms with Gasteiger partial charge in [0.05, 0.1) is 11.4 Å². The number of anilines is 2. The lowest BCUT2D eigenvalue weighted by Crippen LogP contribution is -2.19. The number of hydrogen-bond donors (Lipinski definition) is 0. The highest BCUT2D eigenvalue weighted by Gasteiger charge is 2.14.